The number of hydrogen-bond acceptors (Lipinski definition) is 3. The Hall–Kier alpha value is -1.46. The maximum absolute atomic E-state index is 13.2. The van der Waals surface area contributed by atoms with Crippen LogP contribution in [-0.2, 0) is 0 Å². The van der Waals surface area contributed by atoms with Crippen LogP contribution < -0.4 is 5.73 Å². The number of rotatable bonds is 2. The lowest BCUT2D eigenvalue weighted by molar-refractivity contribution is 0.178. The number of imidazole rings is 1. The summed E-state index contributed by atoms with van der Waals surface area (Å²) in [7, 11) is 0. The Bertz CT molecular complexity index is 454. The summed E-state index contributed by atoms with van der Waals surface area (Å²) in [6, 6.07) is 4.59. The number of aromatic amines is 1. The molecule has 0 amide bonds. The molecule has 0 saturated carbocycles. The Balaban J connectivity index is 2.56. The van der Waals surface area contributed by atoms with Gasteiger partial charge in [0, 0.05) is 6.54 Å². The Kier molecular flexibility index (Phi) is 2.18. The highest BCUT2D eigenvalue weighted by atomic mass is 19.1. The van der Waals surface area contributed by atoms with Gasteiger partial charge in [0.2, 0.25) is 0 Å². The number of nitrogens with zero attached hydrogens (tertiary/aromatic N) is 1. The zero-order valence-electron chi connectivity index (χ0n) is 7.37. The molecule has 1 heterocycles. The molecule has 4 nitrogen and oxygen atoms in total. The van der Waals surface area contributed by atoms with E-state index in [1.165, 1.54) is 6.07 Å². The van der Waals surface area contributed by atoms with Gasteiger partial charge >= 0.3 is 0 Å². The lowest BCUT2D eigenvalue weighted by atomic mass is 10.3. The number of aromatic nitrogens is 2. The van der Waals surface area contributed by atoms with E-state index in [4.69, 9.17) is 5.73 Å². The van der Waals surface area contributed by atoms with Gasteiger partial charge in [-0.1, -0.05) is 6.07 Å². The van der Waals surface area contributed by atoms with Gasteiger partial charge in [0.25, 0.3) is 0 Å². The van der Waals surface area contributed by atoms with E-state index in [-0.39, 0.29) is 12.1 Å². The number of aliphatic hydroxyl groups excluding tert-OH is 1. The molecule has 0 aliphatic carbocycles. The van der Waals surface area contributed by atoms with Crippen LogP contribution in [0.2, 0.25) is 0 Å². The lowest BCUT2D eigenvalue weighted by Gasteiger charge is -2.00. The molecular weight excluding hydrogens is 185 g/mol. The van der Waals surface area contributed by atoms with Crippen LogP contribution in [0.25, 0.3) is 11.0 Å². The molecule has 1 atom stereocenters. The first-order valence-electron chi connectivity index (χ1n) is 4.24. The van der Waals surface area contributed by atoms with Crippen LogP contribution in [0.3, 0.4) is 0 Å². The van der Waals surface area contributed by atoms with Crippen LogP contribution in [0.4, 0.5) is 4.39 Å². The third-order valence-electron chi connectivity index (χ3n) is 2.02. The van der Waals surface area contributed by atoms with E-state index in [1.54, 1.807) is 12.1 Å². The average Bonchev–Trinajstić information content (AvgIpc) is 2.62. The summed E-state index contributed by atoms with van der Waals surface area (Å²) >= 11 is 0. The molecule has 0 radical (unpaired) electrons. The molecule has 74 valence electrons. The third-order valence-corrected chi connectivity index (χ3v) is 2.02. The zero-order chi connectivity index (χ0) is 10.1. The topological polar surface area (TPSA) is 74.9 Å². The molecule has 0 saturated heterocycles. The summed E-state index contributed by atoms with van der Waals surface area (Å²) in [5.74, 6) is -0.109. The van der Waals surface area contributed by atoms with Crippen molar-refractivity contribution in [1.82, 2.24) is 9.97 Å². The molecule has 0 spiro atoms. The lowest BCUT2D eigenvalue weighted by Crippen LogP contribution is -2.12. The highest BCUT2D eigenvalue weighted by Crippen LogP contribution is 2.17. The van der Waals surface area contributed by atoms with Gasteiger partial charge in [0.05, 0.1) is 5.52 Å². The predicted octanol–water partition coefficient (Wildman–Crippen LogP) is 0.694. The van der Waals surface area contributed by atoms with Crippen molar-refractivity contribution in [2.75, 3.05) is 6.54 Å². The minimum Gasteiger partial charge on any atom is -0.384 e. The van der Waals surface area contributed by atoms with E-state index >= 15 is 0 Å². The van der Waals surface area contributed by atoms with Gasteiger partial charge in [-0.05, 0) is 12.1 Å². The summed E-state index contributed by atoms with van der Waals surface area (Å²) in [5.41, 5.74) is 6.05. The number of halogens is 1. The SMILES string of the molecule is NCC(O)c1nc2c(F)cccc2[nH]1. The van der Waals surface area contributed by atoms with Gasteiger partial charge in [-0.2, -0.15) is 0 Å². The second kappa shape index (κ2) is 3.36. The van der Waals surface area contributed by atoms with Crippen molar-refractivity contribution >= 4 is 11.0 Å². The molecule has 0 aliphatic rings. The molecule has 0 aliphatic heterocycles. The van der Waals surface area contributed by atoms with Gasteiger partial charge in [-0.15, -0.1) is 0 Å². The van der Waals surface area contributed by atoms with Crippen molar-refractivity contribution < 1.29 is 9.50 Å². The van der Waals surface area contributed by atoms with E-state index in [9.17, 15) is 9.50 Å². The van der Waals surface area contributed by atoms with Crippen LogP contribution in [0.5, 0.6) is 0 Å². The third kappa shape index (κ3) is 1.36. The number of H-pyrrole nitrogens is 1. The van der Waals surface area contributed by atoms with Gasteiger partial charge in [0.1, 0.15) is 17.4 Å². The second-order valence-electron chi connectivity index (χ2n) is 3.01. The molecule has 1 aromatic heterocycles. The Morgan fingerprint density at radius 1 is 1.57 bits per heavy atom. The largest absolute Gasteiger partial charge is 0.384 e. The number of benzene rings is 1. The summed E-state index contributed by atoms with van der Waals surface area (Å²) < 4.78 is 13.2. The van der Waals surface area contributed by atoms with Crippen molar-refractivity contribution in [3.63, 3.8) is 0 Å². The molecule has 5 heteroatoms. The maximum Gasteiger partial charge on any atom is 0.151 e. The van der Waals surface area contributed by atoms with Crippen LogP contribution in [0.15, 0.2) is 18.2 Å². The number of nitrogens with one attached hydrogen (secondary N) is 1. The highest BCUT2D eigenvalue weighted by Gasteiger charge is 2.12. The fourth-order valence-electron chi connectivity index (χ4n) is 1.29. The number of hydrogen-bond donors (Lipinski definition) is 3. The fourth-order valence-corrected chi connectivity index (χ4v) is 1.29. The fraction of sp³-hybridized carbons (Fsp3) is 0.222. The first-order valence-corrected chi connectivity index (χ1v) is 4.24. The van der Waals surface area contributed by atoms with Crippen molar-refractivity contribution in [2.24, 2.45) is 5.73 Å². The second-order valence-corrected chi connectivity index (χ2v) is 3.01. The number of nitrogens with two attached hydrogens (primary N) is 1. The molecule has 0 bridgehead atoms. The maximum atomic E-state index is 13.2. The van der Waals surface area contributed by atoms with E-state index in [2.05, 4.69) is 9.97 Å². The summed E-state index contributed by atoms with van der Waals surface area (Å²) in [6.45, 7) is 0.0570. The molecular formula is C9H10FN3O. The first-order chi connectivity index (χ1) is 6.72. The molecule has 0 fully saturated rings. The summed E-state index contributed by atoms with van der Waals surface area (Å²) in [4.78, 5) is 6.73. The first kappa shape index (κ1) is 9.11. The average molecular weight is 195 g/mol. The Morgan fingerprint density at radius 3 is 3.00 bits per heavy atom. The van der Waals surface area contributed by atoms with Crippen molar-refractivity contribution in [3.8, 4) is 0 Å². The number of fused-ring (bicyclic) bond motifs is 1. The van der Waals surface area contributed by atoms with Crippen LogP contribution in [0.1, 0.15) is 11.9 Å². The predicted molar refractivity (Wildman–Crippen MR) is 50.1 cm³/mol. The molecule has 1 aromatic carbocycles. The van der Waals surface area contributed by atoms with Crippen LogP contribution in [0, 0.1) is 5.82 Å². The van der Waals surface area contributed by atoms with Crippen molar-refractivity contribution in [3.05, 3.63) is 29.8 Å². The molecule has 2 rings (SSSR count). The molecule has 1 unspecified atom stereocenters. The zero-order valence-corrected chi connectivity index (χ0v) is 7.37. The summed E-state index contributed by atoms with van der Waals surface area (Å²) in [5, 5.41) is 9.38. The monoisotopic (exact) mass is 195 g/mol. The highest BCUT2D eigenvalue weighted by molar-refractivity contribution is 5.75. The van der Waals surface area contributed by atoms with Gasteiger partial charge in [-0.25, -0.2) is 9.37 Å². The smallest absolute Gasteiger partial charge is 0.151 e. The van der Waals surface area contributed by atoms with Crippen LogP contribution >= 0.6 is 0 Å². The van der Waals surface area contributed by atoms with E-state index in [0.717, 1.165) is 0 Å². The van der Waals surface area contributed by atoms with E-state index < -0.39 is 11.9 Å². The molecule has 2 aromatic rings. The minimum absolute atomic E-state index is 0.0570. The Labute approximate surface area is 79.6 Å². The van der Waals surface area contributed by atoms with Crippen molar-refractivity contribution in [2.45, 2.75) is 6.10 Å². The van der Waals surface area contributed by atoms with Gasteiger partial charge in [0.15, 0.2) is 5.82 Å². The molecule has 4 N–H and O–H groups in total. The normalized spacial score (nSPS) is 13.4. The van der Waals surface area contributed by atoms with Crippen molar-refractivity contribution in [1.29, 1.82) is 0 Å². The Morgan fingerprint density at radius 2 is 2.36 bits per heavy atom. The summed E-state index contributed by atoms with van der Waals surface area (Å²) in [6.07, 6.45) is -0.873. The van der Waals surface area contributed by atoms with Gasteiger partial charge < -0.3 is 15.8 Å². The number of para-hydroxylation sites is 1. The quantitative estimate of drug-likeness (QED) is 0.660. The van der Waals surface area contributed by atoms with Gasteiger partial charge in [-0.3, -0.25) is 0 Å². The van der Waals surface area contributed by atoms with E-state index in [0.29, 0.717) is 11.3 Å². The standard InChI is InChI=1S/C9H10FN3O/c10-5-2-1-3-6-8(5)13-9(12-6)7(14)4-11/h1-3,7,14H,4,11H2,(H,12,13). The van der Waals surface area contributed by atoms with E-state index in [1.807, 2.05) is 0 Å². The van der Waals surface area contributed by atoms with Crippen LogP contribution in [-0.4, -0.2) is 21.6 Å². The minimum atomic E-state index is -0.873. The number of aliphatic hydroxyl groups is 1. The molecule has 14 heavy (non-hydrogen) atoms.